The van der Waals surface area contributed by atoms with Crippen LogP contribution in [-0.4, -0.2) is 0 Å². The highest BCUT2D eigenvalue weighted by molar-refractivity contribution is 9.10. The van der Waals surface area contributed by atoms with Crippen LogP contribution in [0.15, 0.2) is 34.1 Å². The first-order valence-corrected chi connectivity index (χ1v) is 7.30. The fourth-order valence-corrected chi connectivity index (χ4v) is 2.93. The minimum absolute atomic E-state index is 0.0823. The lowest BCUT2D eigenvalue weighted by atomic mass is 10.0. The molecule has 2 rings (SSSR count). The quantitative estimate of drug-likeness (QED) is 0.496. The summed E-state index contributed by atoms with van der Waals surface area (Å²) < 4.78 is 14.6. The number of thiophene rings is 1. The Kier molecular flexibility index (Phi) is 4.75. The lowest BCUT2D eigenvalue weighted by Gasteiger charge is -2.17. The van der Waals surface area contributed by atoms with E-state index in [4.69, 9.17) is 17.4 Å². The molecule has 0 aliphatic rings. The maximum atomic E-state index is 14.1. The smallest absolute Gasteiger partial charge is 0.147 e. The molecule has 0 radical (unpaired) electrons. The van der Waals surface area contributed by atoms with Crippen LogP contribution in [0.4, 0.5) is 4.39 Å². The molecular formula is C12H11BrClFN2S. The zero-order valence-corrected chi connectivity index (χ0v) is 12.4. The van der Waals surface area contributed by atoms with Gasteiger partial charge in [-0.3, -0.25) is 11.3 Å². The molecule has 0 bridgehead atoms. The summed E-state index contributed by atoms with van der Waals surface area (Å²) in [6, 6.07) is 7.06. The summed E-state index contributed by atoms with van der Waals surface area (Å²) in [5.74, 6) is 5.07. The van der Waals surface area contributed by atoms with Gasteiger partial charge in [0.05, 0.1) is 11.1 Å². The largest absolute Gasteiger partial charge is 0.271 e. The fourth-order valence-electron chi connectivity index (χ4n) is 1.70. The highest BCUT2D eigenvalue weighted by atomic mass is 79.9. The highest BCUT2D eigenvalue weighted by Crippen LogP contribution is 2.31. The van der Waals surface area contributed by atoms with E-state index in [1.165, 1.54) is 0 Å². The number of hydrogen-bond donors (Lipinski definition) is 2. The topological polar surface area (TPSA) is 38.0 Å². The first-order chi connectivity index (χ1) is 8.63. The van der Waals surface area contributed by atoms with Crippen LogP contribution < -0.4 is 11.3 Å². The molecule has 2 nitrogen and oxygen atoms in total. The van der Waals surface area contributed by atoms with Gasteiger partial charge < -0.3 is 0 Å². The van der Waals surface area contributed by atoms with Crippen LogP contribution in [0, 0.1) is 5.82 Å². The average Bonchev–Trinajstić information content (AvgIpc) is 2.87. The van der Waals surface area contributed by atoms with Gasteiger partial charge in [0.25, 0.3) is 0 Å². The fraction of sp³-hybridized carbons (Fsp3) is 0.167. The number of rotatable bonds is 4. The molecule has 1 unspecified atom stereocenters. The van der Waals surface area contributed by atoms with E-state index < -0.39 is 5.82 Å². The molecule has 0 amide bonds. The molecule has 1 heterocycles. The second-order valence-corrected chi connectivity index (χ2v) is 6.03. The first-order valence-electron chi connectivity index (χ1n) is 5.25. The molecule has 0 aliphatic heterocycles. The molecule has 1 atom stereocenters. The van der Waals surface area contributed by atoms with Crippen molar-refractivity contribution in [2.45, 2.75) is 12.5 Å². The average molecular weight is 350 g/mol. The number of benzene rings is 1. The Labute approximate surface area is 122 Å². The van der Waals surface area contributed by atoms with Crippen LogP contribution in [0.25, 0.3) is 0 Å². The van der Waals surface area contributed by atoms with Crippen LogP contribution in [0.2, 0.25) is 5.02 Å². The third-order valence-corrected chi connectivity index (χ3v) is 4.78. The standard InChI is InChI=1S/C12H11BrClFN2S/c13-9-4-3-8(12(15)11(9)14)10(17-16)6-7-2-1-5-18-7/h1-5,10,17H,6,16H2. The SMILES string of the molecule is NNC(Cc1cccs1)c1ccc(Br)c(Cl)c1F. The molecule has 96 valence electrons. The second-order valence-electron chi connectivity index (χ2n) is 3.77. The van der Waals surface area contributed by atoms with Crippen molar-refractivity contribution >= 4 is 38.9 Å². The predicted octanol–water partition coefficient (Wildman–Crippen LogP) is 4.05. The number of nitrogens with one attached hydrogen (secondary N) is 1. The molecule has 1 aromatic heterocycles. The molecule has 3 N–H and O–H groups in total. The maximum absolute atomic E-state index is 14.1. The summed E-state index contributed by atoms with van der Waals surface area (Å²) in [6.07, 6.45) is 0.628. The molecule has 0 spiro atoms. The van der Waals surface area contributed by atoms with Crippen molar-refractivity contribution in [2.75, 3.05) is 0 Å². The predicted molar refractivity (Wildman–Crippen MR) is 77.2 cm³/mol. The van der Waals surface area contributed by atoms with Crippen LogP contribution in [0.3, 0.4) is 0 Å². The van der Waals surface area contributed by atoms with E-state index in [9.17, 15) is 4.39 Å². The van der Waals surface area contributed by atoms with Crippen molar-refractivity contribution < 1.29 is 4.39 Å². The van der Waals surface area contributed by atoms with Gasteiger partial charge in [-0.15, -0.1) is 11.3 Å². The van der Waals surface area contributed by atoms with E-state index >= 15 is 0 Å². The van der Waals surface area contributed by atoms with Gasteiger partial charge in [0.2, 0.25) is 0 Å². The molecule has 6 heteroatoms. The van der Waals surface area contributed by atoms with E-state index in [0.717, 1.165) is 4.88 Å². The molecular weight excluding hydrogens is 339 g/mol. The van der Waals surface area contributed by atoms with Crippen molar-refractivity contribution in [1.29, 1.82) is 0 Å². The highest BCUT2D eigenvalue weighted by Gasteiger charge is 2.18. The maximum Gasteiger partial charge on any atom is 0.147 e. The van der Waals surface area contributed by atoms with E-state index in [1.807, 2.05) is 17.5 Å². The normalized spacial score (nSPS) is 12.7. The zero-order chi connectivity index (χ0) is 13.1. The van der Waals surface area contributed by atoms with Gasteiger partial charge in [-0.25, -0.2) is 4.39 Å². The van der Waals surface area contributed by atoms with Crippen molar-refractivity contribution in [2.24, 2.45) is 5.84 Å². The number of hydrazine groups is 1. The van der Waals surface area contributed by atoms with Crippen molar-refractivity contribution in [3.63, 3.8) is 0 Å². The molecule has 18 heavy (non-hydrogen) atoms. The monoisotopic (exact) mass is 348 g/mol. The Bertz CT molecular complexity index is 533. The number of nitrogens with two attached hydrogens (primary N) is 1. The van der Waals surface area contributed by atoms with Gasteiger partial charge in [0.15, 0.2) is 0 Å². The summed E-state index contributed by atoms with van der Waals surface area (Å²) in [4.78, 5) is 1.14. The molecule has 0 fully saturated rings. The Morgan fingerprint density at radius 3 is 2.83 bits per heavy atom. The lowest BCUT2D eigenvalue weighted by Crippen LogP contribution is -2.30. The minimum atomic E-state index is -0.439. The summed E-state index contributed by atoms with van der Waals surface area (Å²) in [5.41, 5.74) is 3.11. The minimum Gasteiger partial charge on any atom is -0.271 e. The zero-order valence-electron chi connectivity index (χ0n) is 9.29. The van der Waals surface area contributed by atoms with Crippen LogP contribution in [-0.2, 0) is 6.42 Å². The van der Waals surface area contributed by atoms with E-state index in [0.29, 0.717) is 16.5 Å². The Morgan fingerprint density at radius 1 is 1.44 bits per heavy atom. The third-order valence-electron chi connectivity index (χ3n) is 2.63. The van der Waals surface area contributed by atoms with Gasteiger partial charge in [0.1, 0.15) is 5.82 Å². The summed E-state index contributed by atoms with van der Waals surface area (Å²) >= 11 is 10.7. The summed E-state index contributed by atoms with van der Waals surface area (Å²) in [7, 11) is 0. The van der Waals surface area contributed by atoms with Crippen LogP contribution in [0.5, 0.6) is 0 Å². The Balaban J connectivity index is 2.30. The molecule has 1 aromatic carbocycles. The van der Waals surface area contributed by atoms with Gasteiger partial charge in [-0.2, -0.15) is 0 Å². The molecule has 0 saturated heterocycles. The second kappa shape index (κ2) is 6.12. The van der Waals surface area contributed by atoms with E-state index in [2.05, 4.69) is 21.4 Å². The first kappa shape index (κ1) is 14.0. The van der Waals surface area contributed by atoms with Crippen LogP contribution in [0.1, 0.15) is 16.5 Å². The van der Waals surface area contributed by atoms with Gasteiger partial charge in [-0.1, -0.05) is 23.7 Å². The van der Waals surface area contributed by atoms with Crippen molar-refractivity contribution in [1.82, 2.24) is 5.43 Å². The molecule has 2 aromatic rings. The summed E-state index contributed by atoms with van der Waals surface area (Å²) in [5, 5.41) is 2.06. The summed E-state index contributed by atoms with van der Waals surface area (Å²) in [6.45, 7) is 0. The van der Waals surface area contributed by atoms with Gasteiger partial charge >= 0.3 is 0 Å². The lowest BCUT2D eigenvalue weighted by molar-refractivity contribution is 0.513. The van der Waals surface area contributed by atoms with Crippen molar-refractivity contribution in [3.8, 4) is 0 Å². The van der Waals surface area contributed by atoms with Gasteiger partial charge in [0, 0.05) is 21.3 Å². The Hall–Kier alpha value is -0.460. The molecule has 0 saturated carbocycles. The third kappa shape index (κ3) is 2.92. The number of hydrogen-bond acceptors (Lipinski definition) is 3. The van der Waals surface area contributed by atoms with Gasteiger partial charge in [-0.05, 0) is 33.4 Å². The van der Waals surface area contributed by atoms with E-state index in [-0.39, 0.29) is 11.1 Å². The Morgan fingerprint density at radius 2 is 2.22 bits per heavy atom. The van der Waals surface area contributed by atoms with E-state index in [1.54, 1.807) is 23.5 Å². The van der Waals surface area contributed by atoms with Crippen LogP contribution >= 0.6 is 38.9 Å². The molecule has 0 aliphatic carbocycles. The van der Waals surface area contributed by atoms with Crippen molar-refractivity contribution in [3.05, 3.63) is 55.4 Å². The number of halogens is 3.